The summed E-state index contributed by atoms with van der Waals surface area (Å²) in [6.45, 7) is 1.81. The van der Waals surface area contributed by atoms with E-state index in [1.807, 2.05) is 19.1 Å². The number of pyridine rings is 1. The molecule has 0 aliphatic rings. The summed E-state index contributed by atoms with van der Waals surface area (Å²) < 4.78 is 0. The lowest BCUT2D eigenvalue weighted by Gasteiger charge is -2.00. The number of carboxylic acid groups (broad SMARTS) is 1. The van der Waals surface area contributed by atoms with Crippen LogP contribution in [0.15, 0.2) is 41.1 Å². The van der Waals surface area contributed by atoms with Gasteiger partial charge in [0.2, 0.25) is 0 Å². The van der Waals surface area contributed by atoms with Gasteiger partial charge in [-0.15, -0.1) is 11.8 Å². The lowest BCUT2D eigenvalue weighted by atomic mass is 10.3. The molecule has 4 heteroatoms. The summed E-state index contributed by atoms with van der Waals surface area (Å²) in [5.41, 5.74) is 0.847. The first-order valence-corrected chi connectivity index (χ1v) is 5.10. The molecular formula is C10H11NO2S. The molecule has 1 rings (SSSR count). The molecule has 3 nitrogen and oxygen atoms in total. The van der Waals surface area contributed by atoms with Crippen molar-refractivity contribution in [1.82, 2.24) is 4.98 Å². The lowest BCUT2D eigenvalue weighted by molar-refractivity contribution is -0.131. The number of rotatable bonds is 4. The Hall–Kier alpha value is -1.29. The van der Waals surface area contributed by atoms with Gasteiger partial charge in [0, 0.05) is 29.1 Å². The largest absolute Gasteiger partial charge is 0.478 e. The van der Waals surface area contributed by atoms with Gasteiger partial charge >= 0.3 is 5.97 Å². The molecule has 0 saturated heterocycles. The van der Waals surface area contributed by atoms with Crippen LogP contribution in [0.25, 0.3) is 0 Å². The van der Waals surface area contributed by atoms with Crippen LogP contribution >= 0.6 is 11.8 Å². The molecule has 0 bridgehead atoms. The molecule has 1 aromatic heterocycles. The monoisotopic (exact) mass is 209 g/mol. The molecule has 1 N–H and O–H groups in total. The molecule has 1 heterocycles. The number of hydrogen-bond donors (Lipinski definition) is 1. The maximum Gasteiger partial charge on any atom is 0.328 e. The Morgan fingerprint density at radius 1 is 1.57 bits per heavy atom. The van der Waals surface area contributed by atoms with Crippen LogP contribution in [0, 0.1) is 0 Å². The summed E-state index contributed by atoms with van der Waals surface area (Å²) >= 11 is 1.60. The van der Waals surface area contributed by atoms with Crippen LogP contribution in [-0.4, -0.2) is 21.8 Å². The van der Waals surface area contributed by atoms with Gasteiger partial charge in [-0.25, -0.2) is 4.79 Å². The van der Waals surface area contributed by atoms with E-state index in [-0.39, 0.29) is 0 Å². The van der Waals surface area contributed by atoms with Crippen molar-refractivity contribution < 1.29 is 9.90 Å². The molecule has 74 valence electrons. The number of thioether (sulfide) groups is 1. The molecular weight excluding hydrogens is 198 g/mol. The molecule has 0 unspecified atom stereocenters. The van der Waals surface area contributed by atoms with Gasteiger partial charge in [0.25, 0.3) is 0 Å². The van der Waals surface area contributed by atoms with E-state index >= 15 is 0 Å². The normalized spacial score (nSPS) is 11.4. The maximum atomic E-state index is 10.3. The fourth-order valence-corrected chi connectivity index (χ4v) is 1.68. The zero-order chi connectivity index (χ0) is 10.4. The van der Waals surface area contributed by atoms with Gasteiger partial charge < -0.3 is 5.11 Å². The van der Waals surface area contributed by atoms with Crippen LogP contribution in [0.3, 0.4) is 0 Å². The summed E-state index contributed by atoms with van der Waals surface area (Å²) in [4.78, 5) is 15.3. The molecule has 0 aromatic carbocycles. The average molecular weight is 209 g/mol. The van der Waals surface area contributed by atoms with Gasteiger partial charge in [-0.2, -0.15) is 0 Å². The highest BCUT2D eigenvalue weighted by Crippen LogP contribution is 2.18. The van der Waals surface area contributed by atoms with Crippen molar-refractivity contribution >= 4 is 17.7 Å². The molecule has 0 saturated carbocycles. The molecule has 0 aliphatic carbocycles. The first kappa shape index (κ1) is 10.8. The molecule has 0 aliphatic heterocycles. The van der Waals surface area contributed by atoms with E-state index < -0.39 is 5.97 Å². The fraction of sp³-hybridized carbons (Fsp3) is 0.200. The topological polar surface area (TPSA) is 50.2 Å². The predicted octanol–water partition coefficient (Wildman–Crippen LogP) is 2.20. The minimum atomic E-state index is -0.891. The first-order chi connectivity index (χ1) is 6.68. The highest BCUT2D eigenvalue weighted by atomic mass is 32.2. The Balaban J connectivity index is 2.45. The lowest BCUT2D eigenvalue weighted by Crippen LogP contribution is -1.91. The van der Waals surface area contributed by atoms with E-state index in [9.17, 15) is 4.79 Å². The van der Waals surface area contributed by atoms with Gasteiger partial charge in [-0.05, 0) is 19.1 Å². The van der Waals surface area contributed by atoms with E-state index in [4.69, 9.17) is 5.11 Å². The summed E-state index contributed by atoms with van der Waals surface area (Å²) in [6, 6.07) is 3.80. The third kappa shape index (κ3) is 4.09. The van der Waals surface area contributed by atoms with E-state index in [0.717, 1.165) is 10.5 Å². The summed E-state index contributed by atoms with van der Waals surface area (Å²) in [7, 11) is 0. The van der Waals surface area contributed by atoms with Gasteiger partial charge in [-0.1, -0.05) is 5.57 Å². The molecule has 14 heavy (non-hydrogen) atoms. The number of aromatic nitrogens is 1. The standard InChI is InChI=1S/C10H11NO2S/c1-8(6-10(12)13)7-14-9-2-4-11-5-3-9/h2-6H,7H2,1H3,(H,12,13). The molecule has 0 amide bonds. The van der Waals surface area contributed by atoms with Crippen LogP contribution in [0.5, 0.6) is 0 Å². The van der Waals surface area contributed by atoms with Crippen molar-refractivity contribution in [2.75, 3.05) is 5.75 Å². The molecule has 1 aromatic rings. The Bertz CT molecular complexity index is 335. The predicted molar refractivity (Wildman–Crippen MR) is 56.4 cm³/mol. The van der Waals surface area contributed by atoms with E-state index in [1.54, 1.807) is 24.2 Å². The quantitative estimate of drug-likeness (QED) is 0.610. The van der Waals surface area contributed by atoms with Crippen LogP contribution in [-0.2, 0) is 4.79 Å². The zero-order valence-electron chi connectivity index (χ0n) is 7.80. The Morgan fingerprint density at radius 2 is 2.21 bits per heavy atom. The molecule has 0 spiro atoms. The first-order valence-electron chi connectivity index (χ1n) is 4.11. The van der Waals surface area contributed by atoms with Crippen molar-refractivity contribution in [3.05, 3.63) is 36.2 Å². The highest BCUT2D eigenvalue weighted by molar-refractivity contribution is 7.99. The summed E-state index contributed by atoms with van der Waals surface area (Å²) in [6.07, 6.45) is 4.67. The second-order valence-corrected chi connectivity index (χ2v) is 3.85. The van der Waals surface area contributed by atoms with Crippen molar-refractivity contribution in [2.45, 2.75) is 11.8 Å². The number of aliphatic carboxylic acids is 1. The number of carbonyl (C=O) groups is 1. The van der Waals surface area contributed by atoms with Crippen molar-refractivity contribution in [2.24, 2.45) is 0 Å². The molecule has 0 radical (unpaired) electrons. The van der Waals surface area contributed by atoms with Crippen LogP contribution in [0.1, 0.15) is 6.92 Å². The third-order valence-electron chi connectivity index (χ3n) is 1.49. The third-order valence-corrected chi connectivity index (χ3v) is 2.69. The second-order valence-electron chi connectivity index (χ2n) is 2.80. The van der Waals surface area contributed by atoms with Crippen LogP contribution < -0.4 is 0 Å². The van der Waals surface area contributed by atoms with Crippen molar-refractivity contribution in [1.29, 1.82) is 0 Å². The zero-order valence-corrected chi connectivity index (χ0v) is 8.62. The molecule has 0 fully saturated rings. The van der Waals surface area contributed by atoms with E-state index in [1.165, 1.54) is 6.08 Å². The number of nitrogens with zero attached hydrogens (tertiary/aromatic N) is 1. The second kappa shape index (κ2) is 5.44. The molecule has 0 atom stereocenters. The summed E-state index contributed by atoms with van der Waals surface area (Å²) in [5, 5.41) is 8.49. The number of carboxylic acids is 1. The van der Waals surface area contributed by atoms with Gasteiger partial charge in [0.05, 0.1) is 0 Å². The average Bonchev–Trinajstić information content (AvgIpc) is 2.15. The SMILES string of the molecule is CC(=CC(=O)O)CSc1ccncc1. The van der Waals surface area contributed by atoms with Gasteiger partial charge in [0.1, 0.15) is 0 Å². The Labute approximate surface area is 86.9 Å². The fourth-order valence-electron chi connectivity index (χ4n) is 0.884. The highest BCUT2D eigenvalue weighted by Gasteiger charge is 1.96. The smallest absolute Gasteiger partial charge is 0.328 e. The summed E-state index contributed by atoms with van der Waals surface area (Å²) in [5.74, 6) is -0.200. The minimum Gasteiger partial charge on any atom is -0.478 e. The van der Waals surface area contributed by atoms with Gasteiger partial charge in [-0.3, -0.25) is 4.98 Å². The Kier molecular flexibility index (Phi) is 4.19. The Morgan fingerprint density at radius 3 is 2.79 bits per heavy atom. The van der Waals surface area contributed by atoms with Crippen molar-refractivity contribution in [3.63, 3.8) is 0 Å². The van der Waals surface area contributed by atoms with E-state index in [0.29, 0.717) is 5.75 Å². The van der Waals surface area contributed by atoms with Crippen LogP contribution in [0.4, 0.5) is 0 Å². The number of hydrogen-bond acceptors (Lipinski definition) is 3. The maximum absolute atomic E-state index is 10.3. The van der Waals surface area contributed by atoms with E-state index in [2.05, 4.69) is 4.98 Å². The van der Waals surface area contributed by atoms with Gasteiger partial charge in [0.15, 0.2) is 0 Å². The minimum absolute atomic E-state index is 0.691. The van der Waals surface area contributed by atoms with Crippen LogP contribution in [0.2, 0.25) is 0 Å². The van der Waals surface area contributed by atoms with Crippen molar-refractivity contribution in [3.8, 4) is 0 Å².